The van der Waals surface area contributed by atoms with Crippen LogP contribution in [0.25, 0.3) is 0 Å². The number of likely N-dealkylation sites (tertiary alicyclic amines) is 1. The van der Waals surface area contributed by atoms with E-state index in [1.54, 1.807) is 7.05 Å². The minimum Gasteiger partial charge on any atom is -0.393 e. The van der Waals surface area contributed by atoms with Gasteiger partial charge >= 0.3 is 6.18 Å². The highest BCUT2D eigenvalue weighted by Gasteiger charge is 2.39. The van der Waals surface area contributed by atoms with Gasteiger partial charge in [-0.1, -0.05) is 12.8 Å². The number of halogens is 3. The minimum absolute atomic E-state index is 0.115. The second kappa shape index (κ2) is 7.17. The van der Waals surface area contributed by atoms with Gasteiger partial charge in [-0.05, 0) is 38.6 Å². The highest BCUT2D eigenvalue weighted by Crippen LogP contribution is 2.27. The zero-order valence-corrected chi connectivity index (χ0v) is 13.0. The molecule has 0 aromatic carbocycles. The topological polar surface area (TPSA) is 43.8 Å². The summed E-state index contributed by atoms with van der Waals surface area (Å²) < 4.78 is 37.6. The molecule has 0 spiro atoms. The molecule has 1 aliphatic heterocycles. The summed E-state index contributed by atoms with van der Waals surface area (Å²) in [5.41, 5.74) is 0. The molecule has 1 heterocycles. The van der Waals surface area contributed by atoms with Gasteiger partial charge in [0.2, 0.25) is 5.91 Å². The van der Waals surface area contributed by atoms with Crippen LogP contribution in [-0.4, -0.2) is 65.8 Å². The van der Waals surface area contributed by atoms with E-state index >= 15 is 0 Å². The quantitative estimate of drug-likeness (QED) is 0.861. The lowest BCUT2D eigenvalue weighted by Gasteiger charge is -2.39. The van der Waals surface area contributed by atoms with Gasteiger partial charge in [0.25, 0.3) is 0 Å². The van der Waals surface area contributed by atoms with Crippen LogP contribution in [0, 0.1) is 5.92 Å². The van der Waals surface area contributed by atoms with E-state index in [2.05, 4.69) is 0 Å². The second-order valence-corrected chi connectivity index (χ2v) is 6.58. The molecule has 1 saturated heterocycles. The maximum absolute atomic E-state index is 12.5. The van der Waals surface area contributed by atoms with Crippen molar-refractivity contribution in [1.82, 2.24) is 9.80 Å². The average molecular weight is 322 g/mol. The van der Waals surface area contributed by atoms with Crippen molar-refractivity contribution >= 4 is 5.91 Å². The molecule has 0 bridgehead atoms. The van der Waals surface area contributed by atoms with Crippen molar-refractivity contribution < 1.29 is 23.1 Å². The van der Waals surface area contributed by atoms with Crippen LogP contribution in [0.15, 0.2) is 0 Å². The molecule has 0 aromatic rings. The predicted molar refractivity (Wildman–Crippen MR) is 76.3 cm³/mol. The third-order valence-electron chi connectivity index (χ3n) is 4.80. The van der Waals surface area contributed by atoms with Crippen molar-refractivity contribution in [3.63, 3.8) is 0 Å². The lowest BCUT2D eigenvalue weighted by Crippen LogP contribution is -2.54. The van der Waals surface area contributed by atoms with Gasteiger partial charge in [0.1, 0.15) is 6.54 Å². The number of aliphatic hydroxyl groups is 1. The number of rotatable bonds is 4. The van der Waals surface area contributed by atoms with Crippen LogP contribution in [-0.2, 0) is 4.79 Å². The summed E-state index contributed by atoms with van der Waals surface area (Å²) in [5, 5.41) is 10.0. The van der Waals surface area contributed by atoms with Crippen LogP contribution in [0.4, 0.5) is 13.2 Å². The van der Waals surface area contributed by atoms with Crippen molar-refractivity contribution in [2.75, 3.05) is 26.7 Å². The predicted octanol–water partition coefficient (Wildman–Crippen LogP) is 2.02. The number of likely N-dealkylation sites (N-methyl/N-ethyl adjacent to an activating group) is 1. The van der Waals surface area contributed by atoms with Gasteiger partial charge < -0.3 is 10.0 Å². The summed E-state index contributed by atoms with van der Waals surface area (Å²) in [6.07, 6.45) is 0.237. The Morgan fingerprint density at radius 1 is 1.23 bits per heavy atom. The molecule has 1 amide bonds. The molecule has 3 atom stereocenters. The molecule has 1 N–H and O–H groups in total. The third-order valence-corrected chi connectivity index (χ3v) is 4.80. The fraction of sp³-hybridized carbons (Fsp3) is 0.933. The number of hydrogen-bond acceptors (Lipinski definition) is 3. The van der Waals surface area contributed by atoms with E-state index in [4.69, 9.17) is 0 Å². The smallest absolute Gasteiger partial charge is 0.393 e. The average Bonchev–Trinajstić information content (AvgIpc) is 2.42. The number of nitrogens with zero attached hydrogens (tertiary/aromatic N) is 2. The lowest BCUT2D eigenvalue weighted by atomic mass is 9.86. The Morgan fingerprint density at radius 3 is 2.55 bits per heavy atom. The van der Waals surface area contributed by atoms with Crippen LogP contribution >= 0.6 is 0 Å². The van der Waals surface area contributed by atoms with E-state index < -0.39 is 24.7 Å². The largest absolute Gasteiger partial charge is 0.406 e. The summed E-state index contributed by atoms with van der Waals surface area (Å²) in [6.45, 7) is -0.422. The van der Waals surface area contributed by atoms with E-state index in [0.717, 1.165) is 30.6 Å². The molecule has 1 saturated carbocycles. The number of carbonyl (C=O) groups excluding carboxylic acids is 1. The molecule has 7 heteroatoms. The summed E-state index contributed by atoms with van der Waals surface area (Å²) in [7, 11) is 1.78. The second-order valence-electron chi connectivity index (χ2n) is 6.58. The van der Waals surface area contributed by atoms with Gasteiger partial charge in [-0.15, -0.1) is 0 Å². The van der Waals surface area contributed by atoms with E-state index in [0.29, 0.717) is 19.4 Å². The van der Waals surface area contributed by atoms with Crippen molar-refractivity contribution in [3.8, 4) is 0 Å². The summed E-state index contributed by atoms with van der Waals surface area (Å²) in [6, 6.07) is -0.495. The van der Waals surface area contributed by atoms with E-state index in [1.165, 1.54) is 0 Å². The van der Waals surface area contributed by atoms with Crippen molar-refractivity contribution in [1.29, 1.82) is 0 Å². The van der Waals surface area contributed by atoms with Crippen molar-refractivity contribution in [2.45, 2.75) is 56.8 Å². The fourth-order valence-electron chi connectivity index (χ4n) is 3.60. The highest BCUT2D eigenvalue weighted by molar-refractivity contribution is 5.82. The third kappa shape index (κ3) is 4.59. The number of amides is 1. The maximum Gasteiger partial charge on any atom is 0.406 e. The first-order valence-corrected chi connectivity index (χ1v) is 8.02. The van der Waals surface area contributed by atoms with Gasteiger partial charge in [-0.2, -0.15) is 13.2 Å². The zero-order valence-electron chi connectivity index (χ0n) is 13.0. The van der Waals surface area contributed by atoms with E-state index in [9.17, 15) is 23.1 Å². The van der Waals surface area contributed by atoms with Gasteiger partial charge in [0, 0.05) is 13.1 Å². The Morgan fingerprint density at radius 2 is 1.91 bits per heavy atom. The van der Waals surface area contributed by atoms with E-state index in [1.807, 2.05) is 4.90 Å². The molecule has 3 unspecified atom stereocenters. The lowest BCUT2D eigenvalue weighted by molar-refractivity contribution is -0.167. The van der Waals surface area contributed by atoms with Crippen LogP contribution in [0.5, 0.6) is 0 Å². The molecular weight excluding hydrogens is 297 g/mol. The molecule has 4 nitrogen and oxygen atoms in total. The first-order chi connectivity index (χ1) is 10.3. The SMILES string of the molecule is CN(CC1CCCCC1O)C1CCCN(CC(F)(F)F)C1=O. The molecule has 128 valence electrons. The van der Waals surface area contributed by atoms with Crippen molar-refractivity contribution in [2.24, 2.45) is 5.92 Å². The minimum atomic E-state index is -4.35. The number of alkyl halides is 3. The maximum atomic E-state index is 12.5. The van der Waals surface area contributed by atoms with Crippen LogP contribution in [0.1, 0.15) is 38.5 Å². The molecule has 2 rings (SSSR count). The fourth-order valence-corrected chi connectivity index (χ4v) is 3.60. The number of piperidine rings is 1. The van der Waals surface area contributed by atoms with Gasteiger partial charge in [0.15, 0.2) is 0 Å². The molecule has 2 aliphatic rings. The highest BCUT2D eigenvalue weighted by atomic mass is 19.4. The zero-order chi connectivity index (χ0) is 16.3. The van der Waals surface area contributed by atoms with Crippen LogP contribution < -0.4 is 0 Å². The monoisotopic (exact) mass is 322 g/mol. The standard InChI is InChI=1S/C15H25F3N2O2/c1-19(9-11-5-2-3-7-13(11)21)12-6-4-8-20(14(12)22)10-15(16,17)18/h11-13,21H,2-10H2,1H3. The Bertz CT molecular complexity index is 389. The summed E-state index contributed by atoms with van der Waals surface area (Å²) in [4.78, 5) is 15.0. The molecule has 0 radical (unpaired) electrons. The van der Waals surface area contributed by atoms with Crippen molar-refractivity contribution in [3.05, 3.63) is 0 Å². The molecular formula is C15H25F3N2O2. The summed E-state index contributed by atoms with van der Waals surface area (Å²) in [5.74, 6) is -0.319. The molecule has 1 aliphatic carbocycles. The Kier molecular flexibility index (Phi) is 5.71. The Labute approximate surface area is 129 Å². The summed E-state index contributed by atoms with van der Waals surface area (Å²) >= 11 is 0. The van der Waals surface area contributed by atoms with E-state index in [-0.39, 0.29) is 18.6 Å². The Hall–Kier alpha value is -0.820. The van der Waals surface area contributed by atoms with Gasteiger partial charge in [-0.3, -0.25) is 9.69 Å². The molecule has 0 aromatic heterocycles. The normalized spacial score (nSPS) is 30.9. The Balaban J connectivity index is 1.93. The van der Waals surface area contributed by atoms with Crippen LogP contribution in [0.3, 0.4) is 0 Å². The van der Waals surface area contributed by atoms with Gasteiger partial charge in [0.05, 0.1) is 12.1 Å². The number of hydrogen-bond donors (Lipinski definition) is 1. The first kappa shape index (κ1) is 17.5. The van der Waals surface area contributed by atoms with Crippen LogP contribution in [0.2, 0.25) is 0 Å². The number of aliphatic hydroxyl groups excluding tert-OH is 1. The van der Waals surface area contributed by atoms with Gasteiger partial charge in [-0.25, -0.2) is 0 Å². The number of carbonyl (C=O) groups is 1. The molecule has 2 fully saturated rings. The molecule has 22 heavy (non-hydrogen) atoms. The first-order valence-electron chi connectivity index (χ1n) is 8.02.